The lowest BCUT2D eigenvalue weighted by molar-refractivity contribution is 1.02. The molecule has 2 heterocycles. The normalized spacial score (nSPS) is 10.6. The van der Waals surface area contributed by atoms with Crippen molar-refractivity contribution in [2.24, 2.45) is 0 Å². The van der Waals surface area contributed by atoms with Crippen molar-refractivity contribution in [3.05, 3.63) is 38.8 Å². The van der Waals surface area contributed by atoms with Crippen LogP contribution in [-0.2, 0) is 6.54 Å². The summed E-state index contributed by atoms with van der Waals surface area (Å²) in [7, 11) is 0. The standard InChI is InChI=1S/C11H12BrClN4/c1-6-9(7(2)17-16-6)5-14-8-3-10(12)11(13)15-4-8/h3-4,14H,5H2,1-2H3,(H,16,17). The van der Waals surface area contributed by atoms with Gasteiger partial charge in [-0.05, 0) is 35.8 Å². The van der Waals surface area contributed by atoms with Gasteiger partial charge in [-0.25, -0.2) is 4.98 Å². The zero-order valence-corrected chi connectivity index (χ0v) is 11.9. The molecule has 2 aromatic rings. The van der Waals surface area contributed by atoms with Gasteiger partial charge in [0.15, 0.2) is 0 Å². The van der Waals surface area contributed by atoms with Crippen LogP contribution in [0.25, 0.3) is 0 Å². The largest absolute Gasteiger partial charge is 0.380 e. The third-order valence-corrected chi connectivity index (χ3v) is 3.68. The van der Waals surface area contributed by atoms with Crippen LogP contribution in [0.15, 0.2) is 16.7 Å². The molecule has 0 saturated carbocycles. The average Bonchev–Trinajstić information content (AvgIpc) is 2.61. The maximum Gasteiger partial charge on any atom is 0.143 e. The molecule has 4 nitrogen and oxygen atoms in total. The van der Waals surface area contributed by atoms with Crippen molar-refractivity contribution in [3.8, 4) is 0 Å². The Kier molecular flexibility index (Phi) is 3.69. The molecule has 0 aliphatic rings. The number of aromatic amines is 1. The quantitative estimate of drug-likeness (QED) is 0.853. The number of rotatable bonds is 3. The average molecular weight is 316 g/mol. The third kappa shape index (κ3) is 2.79. The van der Waals surface area contributed by atoms with Gasteiger partial charge in [0.05, 0.1) is 22.1 Å². The fourth-order valence-corrected chi connectivity index (χ4v) is 2.00. The monoisotopic (exact) mass is 314 g/mol. The van der Waals surface area contributed by atoms with Crippen molar-refractivity contribution in [1.29, 1.82) is 0 Å². The highest BCUT2D eigenvalue weighted by Gasteiger charge is 2.06. The second-order valence-corrected chi connectivity index (χ2v) is 4.98. The lowest BCUT2D eigenvalue weighted by atomic mass is 10.2. The number of H-pyrrole nitrogens is 1. The molecule has 0 fully saturated rings. The molecular weight excluding hydrogens is 304 g/mol. The second-order valence-electron chi connectivity index (χ2n) is 3.76. The minimum atomic E-state index is 0.464. The first kappa shape index (κ1) is 12.4. The first-order chi connectivity index (χ1) is 8.08. The van der Waals surface area contributed by atoms with Crippen LogP contribution < -0.4 is 5.32 Å². The molecule has 0 bridgehead atoms. The van der Waals surface area contributed by atoms with Gasteiger partial charge in [0, 0.05) is 17.8 Å². The minimum absolute atomic E-state index is 0.464. The number of hydrogen-bond donors (Lipinski definition) is 2. The molecule has 0 unspecified atom stereocenters. The summed E-state index contributed by atoms with van der Waals surface area (Å²) in [6.07, 6.45) is 1.71. The summed E-state index contributed by atoms with van der Waals surface area (Å²) in [5.74, 6) is 0. The highest BCUT2D eigenvalue weighted by Crippen LogP contribution is 2.23. The molecule has 0 aliphatic heterocycles. The summed E-state index contributed by atoms with van der Waals surface area (Å²) in [4.78, 5) is 4.06. The Hall–Kier alpha value is -1.07. The Morgan fingerprint density at radius 1 is 1.47 bits per heavy atom. The van der Waals surface area contributed by atoms with Crippen LogP contribution in [0.1, 0.15) is 17.0 Å². The fraction of sp³-hybridized carbons (Fsp3) is 0.273. The van der Waals surface area contributed by atoms with Crippen LogP contribution in [0, 0.1) is 13.8 Å². The number of hydrogen-bond acceptors (Lipinski definition) is 3. The smallest absolute Gasteiger partial charge is 0.143 e. The maximum absolute atomic E-state index is 5.83. The van der Waals surface area contributed by atoms with E-state index in [0.717, 1.165) is 21.5 Å². The zero-order valence-electron chi connectivity index (χ0n) is 9.51. The van der Waals surface area contributed by atoms with Crippen molar-refractivity contribution in [1.82, 2.24) is 15.2 Å². The van der Waals surface area contributed by atoms with E-state index in [0.29, 0.717) is 11.7 Å². The second kappa shape index (κ2) is 5.06. The van der Waals surface area contributed by atoms with E-state index in [9.17, 15) is 0 Å². The Bertz CT molecular complexity index is 519. The molecule has 17 heavy (non-hydrogen) atoms. The SMILES string of the molecule is Cc1n[nH]c(C)c1CNc1cnc(Cl)c(Br)c1. The van der Waals surface area contributed by atoms with Crippen LogP contribution in [0.2, 0.25) is 5.15 Å². The summed E-state index contributed by atoms with van der Waals surface area (Å²) >= 11 is 9.17. The molecule has 0 atom stereocenters. The number of anilines is 1. The van der Waals surface area contributed by atoms with Gasteiger partial charge in [0.2, 0.25) is 0 Å². The van der Waals surface area contributed by atoms with Crippen LogP contribution in [0.4, 0.5) is 5.69 Å². The van der Waals surface area contributed by atoms with E-state index in [2.05, 4.69) is 36.4 Å². The van der Waals surface area contributed by atoms with Crippen molar-refractivity contribution in [2.75, 3.05) is 5.32 Å². The molecule has 2 aromatic heterocycles. The van der Waals surface area contributed by atoms with E-state index in [1.807, 2.05) is 19.9 Å². The maximum atomic E-state index is 5.83. The molecule has 0 radical (unpaired) electrons. The van der Waals surface area contributed by atoms with Crippen molar-refractivity contribution < 1.29 is 0 Å². The summed E-state index contributed by atoms with van der Waals surface area (Å²) in [5.41, 5.74) is 4.18. The highest BCUT2D eigenvalue weighted by atomic mass is 79.9. The summed E-state index contributed by atoms with van der Waals surface area (Å²) in [6, 6.07) is 1.90. The van der Waals surface area contributed by atoms with Gasteiger partial charge in [0.25, 0.3) is 0 Å². The lowest BCUT2D eigenvalue weighted by Gasteiger charge is -2.07. The molecule has 90 valence electrons. The molecule has 6 heteroatoms. The van der Waals surface area contributed by atoms with Crippen LogP contribution >= 0.6 is 27.5 Å². The van der Waals surface area contributed by atoms with E-state index in [-0.39, 0.29) is 0 Å². The van der Waals surface area contributed by atoms with Crippen molar-refractivity contribution in [3.63, 3.8) is 0 Å². The molecule has 0 aliphatic carbocycles. The molecule has 2 N–H and O–H groups in total. The van der Waals surface area contributed by atoms with E-state index < -0.39 is 0 Å². The van der Waals surface area contributed by atoms with Gasteiger partial charge in [0.1, 0.15) is 5.15 Å². The predicted octanol–water partition coefficient (Wildman–Crippen LogP) is 3.45. The van der Waals surface area contributed by atoms with Gasteiger partial charge in [-0.2, -0.15) is 5.10 Å². The van der Waals surface area contributed by atoms with E-state index in [4.69, 9.17) is 11.6 Å². The molecular formula is C11H12BrClN4. The number of pyridine rings is 1. The van der Waals surface area contributed by atoms with Crippen molar-refractivity contribution in [2.45, 2.75) is 20.4 Å². The molecule has 2 rings (SSSR count). The first-order valence-electron chi connectivity index (χ1n) is 5.13. The number of aryl methyl sites for hydroxylation is 2. The van der Waals surface area contributed by atoms with Crippen LogP contribution in [0.5, 0.6) is 0 Å². The van der Waals surface area contributed by atoms with Gasteiger partial charge in [-0.1, -0.05) is 11.6 Å². The van der Waals surface area contributed by atoms with Gasteiger partial charge < -0.3 is 5.32 Å². The molecule has 0 spiro atoms. The number of nitrogens with zero attached hydrogens (tertiary/aromatic N) is 2. The fourth-order valence-electron chi connectivity index (χ4n) is 1.54. The first-order valence-corrected chi connectivity index (χ1v) is 6.30. The van der Waals surface area contributed by atoms with Gasteiger partial charge in [-0.15, -0.1) is 0 Å². The summed E-state index contributed by atoms with van der Waals surface area (Å²) < 4.78 is 0.782. The van der Waals surface area contributed by atoms with Crippen molar-refractivity contribution >= 4 is 33.2 Å². The Morgan fingerprint density at radius 2 is 2.24 bits per heavy atom. The summed E-state index contributed by atoms with van der Waals surface area (Å²) in [5, 5.41) is 10.9. The van der Waals surface area contributed by atoms with E-state index in [1.165, 1.54) is 5.56 Å². The molecule has 0 amide bonds. The minimum Gasteiger partial charge on any atom is -0.380 e. The lowest BCUT2D eigenvalue weighted by Crippen LogP contribution is -2.02. The van der Waals surface area contributed by atoms with Gasteiger partial charge >= 0.3 is 0 Å². The Balaban J connectivity index is 2.10. The van der Waals surface area contributed by atoms with Crippen LogP contribution in [-0.4, -0.2) is 15.2 Å². The van der Waals surface area contributed by atoms with E-state index in [1.54, 1.807) is 6.20 Å². The summed E-state index contributed by atoms with van der Waals surface area (Å²) in [6.45, 7) is 4.70. The number of halogens is 2. The third-order valence-electron chi connectivity index (χ3n) is 2.55. The van der Waals surface area contributed by atoms with Crippen LogP contribution in [0.3, 0.4) is 0 Å². The topological polar surface area (TPSA) is 53.6 Å². The number of aromatic nitrogens is 3. The Morgan fingerprint density at radius 3 is 2.82 bits per heavy atom. The number of nitrogens with one attached hydrogen (secondary N) is 2. The van der Waals surface area contributed by atoms with Gasteiger partial charge in [-0.3, -0.25) is 5.10 Å². The zero-order chi connectivity index (χ0) is 12.4. The van der Waals surface area contributed by atoms with E-state index >= 15 is 0 Å². The highest BCUT2D eigenvalue weighted by molar-refractivity contribution is 9.10. The molecule has 0 saturated heterocycles. The predicted molar refractivity (Wildman–Crippen MR) is 72.3 cm³/mol. The Labute approximate surface area is 113 Å². The molecule has 0 aromatic carbocycles.